The van der Waals surface area contributed by atoms with Crippen molar-refractivity contribution in [2.45, 2.75) is 6.92 Å². The van der Waals surface area contributed by atoms with Crippen molar-refractivity contribution >= 4 is 11.6 Å². The van der Waals surface area contributed by atoms with Crippen LogP contribution in [0.25, 0.3) is 11.3 Å². The van der Waals surface area contributed by atoms with E-state index in [1.807, 2.05) is 31.2 Å². The number of benzene rings is 1. The maximum atomic E-state index is 11.5. The first kappa shape index (κ1) is 11.0. The standard InChI is InChI=1S/C13H12ClNO/c1-9-8-10(14)6-7-11(9)12-4-3-5-13(16)15(12)2/h3-8H,1-2H3. The lowest BCUT2D eigenvalue weighted by molar-refractivity contribution is 0.869. The number of hydrogen-bond acceptors (Lipinski definition) is 1. The smallest absolute Gasteiger partial charge is 0.250 e. The fourth-order valence-corrected chi connectivity index (χ4v) is 1.98. The molecule has 2 aromatic rings. The number of aryl methyl sites for hydroxylation is 1. The number of halogens is 1. The summed E-state index contributed by atoms with van der Waals surface area (Å²) in [6, 6.07) is 10.9. The summed E-state index contributed by atoms with van der Waals surface area (Å²) in [6.45, 7) is 1.98. The summed E-state index contributed by atoms with van der Waals surface area (Å²) >= 11 is 5.91. The van der Waals surface area contributed by atoms with Gasteiger partial charge in [0.1, 0.15) is 0 Å². The van der Waals surface area contributed by atoms with E-state index < -0.39 is 0 Å². The van der Waals surface area contributed by atoms with Gasteiger partial charge in [-0.15, -0.1) is 0 Å². The van der Waals surface area contributed by atoms with Crippen LogP contribution in [0.3, 0.4) is 0 Å². The summed E-state index contributed by atoms with van der Waals surface area (Å²) in [7, 11) is 1.77. The van der Waals surface area contributed by atoms with E-state index in [4.69, 9.17) is 11.6 Å². The first-order chi connectivity index (χ1) is 7.59. The molecular formula is C13H12ClNO. The summed E-state index contributed by atoms with van der Waals surface area (Å²) in [5.41, 5.74) is 2.99. The second-order valence-electron chi connectivity index (χ2n) is 3.77. The molecule has 1 aromatic carbocycles. The summed E-state index contributed by atoms with van der Waals surface area (Å²) < 4.78 is 1.64. The highest BCUT2D eigenvalue weighted by molar-refractivity contribution is 6.30. The molecule has 1 heterocycles. The number of nitrogens with zero attached hydrogens (tertiary/aromatic N) is 1. The van der Waals surface area contributed by atoms with Crippen molar-refractivity contribution < 1.29 is 0 Å². The molecule has 1 aromatic heterocycles. The predicted molar refractivity (Wildman–Crippen MR) is 66.9 cm³/mol. The largest absolute Gasteiger partial charge is 0.311 e. The Kier molecular flexibility index (Phi) is 2.84. The van der Waals surface area contributed by atoms with Crippen molar-refractivity contribution in [1.29, 1.82) is 0 Å². The lowest BCUT2D eigenvalue weighted by Crippen LogP contribution is -2.16. The Morgan fingerprint density at radius 2 is 1.94 bits per heavy atom. The molecule has 82 valence electrons. The molecule has 0 unspecified atom stereocenters. The van der Waals surface area contributed by atoms with Crippen LogP contribution in [-0.4, -0.2) is 4.57 Å². The van der Waals surface area contributed by atoms with Crippen LogP contribution in [0, 0.1) is 6.92 Å². The van der Waals surface area contributed by atoms with E-state index in [2.05, 4.69) is 0 Å². The molecule has 0 N–H and O–H groups in total. The fourth-order valence-electron chi connectivity index (χ4n) is 1.75. The van der Waals surface area contributed by atoms with Gasteiger partial charge >= 0.3 is 0 Å². The van der Waals surface area contributed by atoms with E-state index in [0.29, 0.717) is 5.02 Å². The third-order valence-electron chi connectivity index (χ3n) is 2.65. The van der Waals surface area contributed by atoms with Gasteiger partial charge in [0, 0.05) is 23.7 Å². The minimum atomic E-state index is -0.00755. The highest BCUT2D eigenvalue weighted by atomic mass is 35.5. The van der Waals surface area contributed by atoms with Crippen LogP contribution in [-0.2, 0) is 7.05 Å². The molecule has 16 heavy (non-hydrogen) atoms. The monoisotopic (exact) mass is 233 g/mol. The molecule has 0 aliphatic carbocycles. The van der Waals surface area contributed by atoms with Crippen LogP contribution >= 0.6 is 11.6 Å². The summed E-state index contributed by atoms with van der Waals surface area (Å²) in [4.78, 5) is 11.5. The molecule has 0 aliphatic heterocycles. The number of rotatable bonds is 1. The number of aromatic nitrogens is 1. The molecule has 0 saturated carbocycles. The minimum absolute atomic E-state index is 0.00755. The van der Waals surface area contributed by atoms with Crippen LogP contribution in [0.1, 0.15) is 5.56 Å². The average Bonchev–Trinajstić information content (AvgIpc) is 2.23. The van der Waals surface area contributed by atoms with Crippen molar-refractivity contribution in [3.05, 3.63) is 57.3 Å². The van der Waals surface area contributed by atoms with Gasteiger partial charge in [-0.25, -0.2) is 0 Å². The van der Waals surface area contributed by atoms with Gasteiger partial charge in [0.25, 0.3) is 5.56 Å². The van der Waals surface area contributed by atoms with Crippen LogP contribution in [0.15, 0.2) is 41.2 Å². The highest BCUT2D eigenvalue weighted by Crippen LogP contribution is 2.24. The summed E-state index contributed by atoms with van der Waals surface area (Å²) in [5.74, 6) is 0. The zero-order chi connectivity index (χ0) is 11.7. The maximum Gasteiger partial charge on any atom is 0.250 e. The molecule has 0 aliphatic rings. The second-order valence-corrected chi connectivity index (χ2v) is 4.20. The van der Waals surface area contributed by atoms with Gasteiger partial charge in [-0.05, 0) is 30.7 Å². The van der Waals surface area contributed by atoms with Crippen LogP contribution in [0.2, 0.25) is 5.02 Å². The average molecular weight is 234 g/mol. The Bertz CT molecular complexity index is 587. The minimum Gasteiger partial charge on any atom is -0.311 e. The zero-order valence-corrected chi connectivity index (χ0v) is 9.95. The van der Waals surface area contributed by atoms with Gasteiger partial charge in [0.05, 0.1) is 5.69 Å². The first-order valence-electron chi connectivity index (χ1n) is 5.02. The quantitative estimate of drug-likeness (QED) is 0.742. The summed E-state index contributed by atoms with van der Waals surface area (Å²) in [6.07, 6.45) is 0. The first-order valence-corrected chi connectivity index (χ1v) is 5.40. The van der Waals surface area contributed by atoms with E-state index in [9.17, 15) is 4.79 Å². The zero-order valence-electron chi connectivity index (χ0n) is 9.20. The third-order valence-corrected chi connectivity index (χ3v) is 2.88. The normalized spacial score (nSPS) is 10.4. The topological polar surface area (TPSA) is 22.0 Å². The van der Waals surface area contributed by atoms with Gasteiger partial charge < -0.3 is 4.57 Å². The summed E-state index contributed by atoms with van der Waals surface area (Å²) in [5, 5.41) is 0.710. The van der Waals surface area contributed by atoms with Crippen molar-refractivity contribution in [2.24, 2.45) is 7.05 Å². The predicted octanol–water partition coefficient (Wildman–Crippen LogP) is 3.01. The van der Waals surface area contributed by atoms with Crippen LogP contribution < -0.4 is 5.56 Å². The van der Waals surface area contributed by atoms with Crippen molar-refractivity contribution in [3.63, 3.8) is 0 Å². The molecule has 0 saturated heterocycles. The lowest BCUT2D eigenvalue weighted by atomic mass is 10.1. The van der Waals surface area contributed by atoms with E-state index in [-0.39, 0.29) is 5.56 Å². The van der Waals surface area contributed by atoms with Gasteiger partial charge in [0.15, 0.2) is 0 Å². The Morgan fingerprint density at radius 1 is 1.19 bits per heavy atom. The van der Waals surface area contributed by atoms with Crippen molar-refractivity contribution in [3.8, 4) is 11.3 Å². The van der Waals surface area contributed by atoms with Gasteiger partial charge in [-0.1, -0.05) is 23.7 Å². The molecule has 0 bridgehead atoms. The molecule has 2 rings (SSSR count). The SMILES string of the molecule is Cc1cc(Cl)ccc1-c1cccc(=O)n1C. The molecule has 0 spiro atoms. The second kappa shape index (κ2) is 4.14. The lowest BCUT2D eigenvalue weighted by Gasteiger charge is -2.10. The Balaban J connectivity index is 2.68. The number of hydrogen-bond donors (Lipinski definition) is 0. The molecule has 0 fully saturated rings. The highest BCUT2D eigenvalue weighted by Gasteiger charge is 2.05. The fraction of sp³-hybridized carbons (Fsp3) is 0.154. The van der Waals surface area contributed by atoms with Crippen molar-refractivity contribution in [2.75, 3.05) is 0 Å². The number of pyridine rings is 1. The molecule has 3 heteroatoms. The van der Waals surface area contributed by atoms with Gasteiger partial charge in [0.2, 0.25) is 0 Å². The molecular weight excluding hydrogens is 222 g/mol. The molecule has 0 radical (unpaired) electrons. The van der Waals surface area contributed by atoms with E-state index >= 15 is 0 Å². The third kappa shape index (κ3) is 1.89. The molecule has 0 atom stereocenters. The maximum absolute atomic E-state index is 11.5. The molecule has 2 nitrogen and oxygen atoms in total. The van der Waals surface area contributed by atoms with Crippen molar-refractivity contribution in [1.82, 2.24) is 4.57 Å². The molecule has 0 amide bonds. The van der Waals surface area contributed by atoms with Crippen LogP contribution in [0.5, 0.6) is 0 Å². The Labute approximate surface area is 99.1 Å². The Hall–Kier alpha value is -1.54. The van der Waals surface area contributed by atoms with E-state index in [1.165, 1.54) is 0 Å². The van der Waals surface area contributed by atoms with E-state index in [1.54, 1.807) is 23.7 Å². The van der Waals surface area contributed by atoms with Crippen LogP contribution in [0.4, 0.5) is 0 Å². The van der Waals surface area contributed by atoms with E-state index in [0.717, 1.165) is 16.8 Å². The van der Waals surface area contributed by atoms with Gasteiger partial charge in [-0.2, -0.15) is 0 Å². The van der Waals surface area contributed by atoms with Gasteiger partial charge in [-0.3, -0.25) is 4.79 Å². The Morgan fingerprint density at radius 3 is 2.62 bits per heavy atom.